The molecular weight excluding hydrogens is 232 g/mol. The Balaban J connectivity index is 2.50. The van der Waals surface area contributed by atoms with Gasteiger partial charge in [-0.3, -0.25) is 4.79 Å². The van der Waals surface area contributed by atoms with Gasteiger partial charge in [-0.15, -0.1) is 0 Å². The zero-order chi connectivity index (χ0) is 13.3. The smallest absolute Gasteiger partial charge is 0.335 e. The van der Waals surface area contributed by atoms with Crippen LogP contribution in [0.5, 0.6) is 0 Å². The predicted octanol–water partition coefficient (Wildman–Crippen LogP) is 2.73. The van der Waals surface area contributed by atoms with Gasteiger partial charge in [0.1, 0.15) is 0 Å². The van der Waals surface area contributed by atoms with E-state index in [-0.39, 0.29) is 5.56 Å². The molecule has 0 amide bonds. The van der Waals surface area contributed by atoms with Gasteiger partial charge < -0.3 is 10.2 Å². The molecule has 2 aromatic carbocycles. The first-order valence-corrected chi connectivity index (χ1v) is 5.49. The molecule has 0 saturated heterocycles. The molecule has 0 bridgehead atoms. The maximum absolute atomic E-state index is 10.9. The Morgan fingerprint density at radius 1 is 1.00 bits per heavy atom. The average molecular weight is 244 g/mol. The van der Waals surface area contributed by atoms with E-state index in [1.54, 1.807) is 37.3 Å². The van der Waals surface area contributed by atoms with Crippen LogP contribution in [-0.4, -0.2) is 22.2 Å². The van der Waals surface area contributed by atoms with Crippen LogP contribution in [-0.2, 0) is 4.79 Å². The second kappa shape index (κ2) is 4.49. The monoisotopic (exact) mass is 244 g/mol. The third-order valence-corrected chi connectivity index (χ3v) is 2.98. The number of hydrogen-bond donors (Lipinski definition) is 2. The van der Waals surface area contributed by atoms with E-state index in [1.807, 2.05) is 0 Å². The standard InChI is InChI=1S/C14H12O4/c1-8(13(15)16)9-2-3-11-7-12(14(17)18)5-4-10(11)6-9/h2-8H,1H3,(H,15,16)(H,17,18). The Morgan fingerprint density at radius 2 is 1.61 bits per heavy atom. The van der Waals surface area contributed by atoms with Crippen LogP contribution in [0.1, 0.15) is 28.8 Å². The van der Waals surface area contributed by atoms with E-state index in [2.05, 4.69) is 0 Å². The minimum absolute atomic E-state index is 0.224. The van der Waals surface area contributed by atoms with Gasteiger partial charge in [0.05, 0.1) is 11.5 Å². The van der Waals surface area contributed by atoms with Gasteiger partial charge >= 0.3 is 11.9 Å². The van der Waals surface area contributed by atoms with Gasteiger partial charge in [0, 0.05) is 0 Å². The highest BCUT2D eigenvalue weighted by Crippen LogP contribution is 2.23. The van der Waals surface area contributed by atoms with Crippen molar-refractivity contribution in [2.45, 2.75) is 12.8 Å². The van der Waals surface area contributed by atoms with Gasteiger partial charge in [-0.2, -0.15) is 0 Å². The van der Waals surface area contributed by atoms with Crippen molar-refractivity contribution in [2.24, 2.45) is 0 Å². The fraction of sp³-hybridized carbons (Fsp3) is 0.143. The number of aromatic carboxylic acids is 1. The summed E-state index contributed by atoms with van der Waals surface area (Å²) in [5, 5.41) is 19.5. The Bertz CT molecular complexity index is 631. The number of aliphatic carboxylic acids is 1. The fourth-order valence-corrected chi connectivity index (χ4v) is 1.81. The molecule has 4 heteroatoms. The Labute approximate surface area is 103 Å². The zero-order valence-electron chi connectivity index (χ0n) is 9.75. The molecule has 2 N–H and O–H groups in total. The Morgan fingerprint density at radius 3 is 2.22 bits per heavy atom. The lowest BCUT2D eigenvalue weighted by atomic mass is 9.97. The maximum atomic E-state index is 10.9. The summed E-state index contributed by atoms with van der Waals surface area (Å²) < 4.78 is 0. The van der Waals surface area contributed by atoms with E-state index in [9.17, 15) is 9.59 Å². The number of benzene rings is 2. The molecule has 0 aromatic heterocycles. The lowest BCUT2D eigenvalue weighted by Crippen LogP contribution is -2.07. The van der Waals surface area contributed by atoms with Crippen LogP contribution in [0.4, 0.5) is 0 Å². The molecule has 92 valence electrons. The van der Waals surface area contributed by atoms with Crippen LogP contribution in [0, 0.1) is 0 Å². The number of carbonyl (C=O) groups is 2. The largest absolute Gasteiger partial charge is 0.481 e. The molecule has 18 heavy (non-hydrogen) atoms. The lowest BCUT2D eigenvalue weighted by Gasteiger charge is -2.08. The molecule has 0 spiro atoms. The van der Waals surface area contributed by atoms with E-state index in [4.69, 9.17) is 10.2 Å². The summed E-state index contributed by atoms with van der Waals surface area (Å²) >= 11 is 0. The van der Waals surface area contributed by atoms with E-state index >= 15 is 0 Å². The van der Waals surface area contributed by atoms with E-state index < -0.39 is 17.9 Å². The van der Waals surface area contributed by atoms with Crippen molar-refractivity contribution in [1.29, 1.82) is 0 Å². The maximum Gasteiger partial charge on any atom is 0.335 e. The summed E-state index contributed by atoms with van der Waals surface area (Å²) in [7, 11) is 0. The van der Waals surface area contributed by atoms with Gasteiger partial charge in [0.15, 0.2) is 0 Å². The van der Waals surface area contributed by atoms with Crippen molar-refractivity contribution in [3.8, 4) is 0 Å². The highest BCUT2D eigenvalue weighted by molar-refractivity contribution is 5.94. The molecule has 2 rings (SSSR count). The Hall–Kier alpha value is -2.36. The van der Waals surface area contributed by atoms with E-state index in [0.717, 1.165) is 10.8 Å². The second-order valence-corrected chi connectivity index (χ2v) is 4.19. The zero-order valence-corrected chi connectivity index (χ0v) is 9.75. The SMILES string of the molecule is CC(C(=O)O)c1ccc2cc(C(=O)O)ccc2c1. The number of carboxylic acid groups (broad SMARTS) is 2. The Kier molecular flexibility index (Phi) is 3.02. The lowest BCUT2D eigenvalue weighted by molar-refractivity contribution is -0.138. The van der Waals surface area contributed by atoms with Gasteiger partial charge in [-0.25, -0.2) is 4.79 Å². The predicted molar refractivity (Wildman–Crippen MR) is 67.0 cm³/mol. The number of hydrogen-bond acceptors (Lipinski definition) is 2. The topological polar surface area (TPSA) is 74.6 Å². The summed E-state index contributed by atoms with van der Waals surface area (Å²) in [5.41, 5.74) is 0.930. The summed E-state index contributed by atoms with van der Waals surface area (Å²) in [5.74, 6) is -2.43. The molecule has 0 aliphatic rings. The van der Waals surface area contributed by atoms with Crippen molar-refractivity contribution < 1.29 is 19.8 Å². The van der Waals surface area contributed by atoms with Crippen LogP contribution in [0.25, 0.3) is 10.8 Å². The third-order valence-electron chi connectivity index (χ3n) is 2.98. The van der Waals surface area contributed by atoms with Gasteiger partial charge in [-0.05, 0) is 35.4 Å². The van der Waals surface area contributed by atoms with Crippen molar-refractivity contribution in [3.63, 3.8) is 0 Å². The van der Waals surface area contributed by atoms with Gasteiger partial charge in [0.2, 0.25) is 0 Å². The van der Waals surface area contributed by atoms with Crippen molar-refractivity contribution in [3.05, 3.63) is 47.5 Å². The van der Waals surface area contributed by atoms with Crippen LogP contribution in [0.3, 0.4) is 0 Å². The molecule has 4 nitrogen and oxygen atoms in total. The highest BCUT2D eigenvalue weighted by Gasteiger charge is 2.14. The summed E-state index contributed by atoms with van der Waals surface area (Å²) in [6, 6.07) is 10.0. The summed E-state index contributed by atoms with van der Waals surface area (Å²) in [6.07, 6.45) is 0. The third kappa shape index (κ3) is 2.18. The fourth-order valence-electron chi connectivity index (χ4n) is 1.81. The van der Waals surface area contributed by atoms with Crippen molar-refractivity contribution >= 4 is 22.7 Å². The molecular formula is C14H12O4. The normalized spacial score (nSPS) is 12.3. The summed E-state index contributed by atoms with van der Waals surface area (Å²) in [4.78, 5) is 21.7. The average Bonchev–Trinajstić information content (AvgIpc) is 2.36. The molecule has 1 atom stereocenters. The minimum atomic E-state index is -0.972. The molecule has 0 saturated carbocycles. The van der Waals surface area contributed by atoms with Crippen LogP contribution in [0.2, 0.25) is 0 Å². The van der Waals surface area contributed by atoms with Crippen molar-refractivity contribution in [2.75, 3.05) is 0 Å². The molecule has 0 aliphatic carbocycles. The highest BCUT2D eigenvalue weighted by atomic mass is 16.4. The van der Waals surface area contributed by atoms with Crippen LogP contribution in [0.15, 0.2) is 36.4 Å². The van der Waals surface area contributed by atoms with Crippen molar-refractivity contribution in [1.82, 2.24) is 0 Å². The molecule has 0 radical (unpaired) electrons. The molecule has 2 aromatic rings. The van der Waals surface area contributed by atoms with Crippen LogP contribution >= 0.6 is 0 Å². The van der Waals surface area contributed by atoms with Gasteiger partial charge in [0.25, 0.3) is 0 Å². The minimum Gasteiger partial charge on any atom is -0.481 e. The molecule has 0 heterocycles. The number of fused-ring (bicyclic) bond motifs is 1. The van der Waals surface area contributed by atoms with Crippen LogP contribution < -0.4 is 0 Å². The first kappa shape index (κ1) is 12.1. The van der Waals surface area contributed by atoms with E-state index in [0.29, 0.717) is 5.56 Å². The van der Waals surface area contributed by atoms with E-state index in [1.165, 1.54) is 6.07 Å². The number of carboxylic acids is 2. The quantitative estimate of drug-likeness (QED) is 0.870. The number of rotatable bonds is 3. The first-order valence-electron chi connectivity index (χ1n) is 5.49. The summed E-state index contributed by atoms with van der Waals surface area (Å²) in [6.45, 7) is 1.62. The molecule has 0 fully saturated rings. The molecule has 0 aliphatic heterocycles. The second-order valence-electron chi connectivity index (χ2n) is 4.19. The van der Waals surface area contributed by atoms with Gasteiger partial charge in [-0.1, -0.05) is 24.3 Å². The first-order chi connectivity index (χ1) is 8.49. The molecule has 1 unspecified atom stereocenters.